The summed E-state index contributed by atoms with van der Waals surface area (Å²) in [6.45, 7) is 2.12. The number of hydrogen-bond donors (Lipinski definition) is 1. The molecule has 3 heterocycles. The molecule has 0 bridgehead atoms. The predicted octanol–water partition coefficient (Wildman–Crippen LogP) is 1.69. The highest BCUT2D eigenvalue weighted by atomic mass is 16.1. The molecule has 26 heavy (non-hydrogen) atoms. The molecule has 2 aromatic carbocycles. The second kappa shape index (κ2) is 5.32. The predicted molar refractivity (Wildman–Crippen MR) is 104 cm³/mol. The van der Waals surface area contributed by atoms with Gasteiger partial charge in [-0.1, -0.05) is 12.1 Å². The van der Waals surface area contributed by atoms with E-state index in [0.29, 0.717) is 29.0 Å². The van der Waals surface area contributed by atoms with Crippen molar-refractivity contribution in [1.82, 2.24) is 14.5 Å². The maximum Gasteiger partial charge on any atom is 0.261 e. The zero-order valence-electron chi connectivity index (χ0n) is 14.9. The van der Waals surface area contributed by atoms with Crippen LogP contribution in [0, 0.1) is 0 Å². The molecule has 2 fully saturated rings. The van der Waals surface area contributed by atoms with Gasteiger partial charge in [0.2, 0.25) is 0 Å². The lowest BCUT2D eigenvalue weighted by Crippen LogP contribution is -2.78. The molecule has 0 radical (unpaired) electrons. The van der Waals surface area contributed by atoms with Crippen LogP contribution in [0.15, 0.2) is 47.3 Å². The molecule has 1 aromatic heterocycles. The quantitative estimate of drug-likeness (QED) is 0.715. The van der Waals surface area contributed by atoms with Gasteiger partial charge in [-0.05, 0) is 37.4 Å². The van der Waals surface area contributed by atoms with Gasteiger partial charge in [-0.3, -0.25) is 14.3 Å². The normalized spacial score (nSPS) is 22.0. The zero-order valence-corrected chi connectivity index (χ0v) is 14.9. The van der Waals surface area contributed by atoms with Crippen LogP contribution in [0.3, 0.4) is 0 Å². The highest BCUT2D eigenvalue weighted by Crippen LogP contribution is 2.36. The van der Waals surface area contributed by atoms with Gasteiger partial charge < -0.3 is 10.6 Å². The maximum absolute atomic E-state index is 13.0. The first kappa shape index (κ1) is 15.4. The molecule has 2 N–H and O–H groups in total. The number of aromatic nitrogens is 2. The molecule has 0 saturated carbocycles. The van der Waals surface area contributed by atoms with E-state index in [2.05, 4.69) is 22.9 Å². The number of nitrogens with two attached hydrogens (primary N) is 1. The molecule has 6 nitrogen and oxygen atoms in total. The van der Waals surface area contributed by atoms with Crippen LogP contribution >= 0.6 is 0 Å². The van der Waals surface area contributed by atoms with E-state index in [-0.39, 0.29) is 5.56 Å². The number of fused-ring (bicyclic) bond motifs is 2. The summed E-state index contributed by atoms with van der Waals surface area (Å²) >= 11 is 0. The first-order valence-corrected chi connectivity index (χ1v) is 8.86. The van der Waals surface area contributed by atoms with E-state index in [1.807, 2.05) is 36.4 Å². The number of likely N-dealkylation sites (tertiary alicyclic amines) is 1. The molecular weight excluding hydrogens is 326 g/mol. The minimum absolute atomic E-state index is 0.0305. The molecule has 6 heteroatoms. The van der Waals surface area contributed by atoms with Crippen molar-refractivity contribution in [2.24, 2.45) is 7.05 Å². The minimum atomic E-state index is -0.0305. The molecule has 2 aliphatic rings. The molecule has 3 aromatic rings. The van der Waals surface area contributed by atoms with Crippen molar-refractivity contribution in [1.29, 1.82) is 0 Å². The maximum atomic E-state index is 13.0. The number of rotatable bonds is 2. The standard InChI is InChI=1S/C20H21N5O/c1-23-10-18-17(23)11-25(18)14-6-7-16-15(9-14)20(26)24(2)19(22-16)12-4-3-5-13(21)8-12/h3-9,17-18H,10-11,21H2,1-2H3. The average Bonchev–Trinajstić information content (AvgIpc) is 2.62. The number of anilines is 2. The Bertz CT molecular complexity index is 1090. The van der Waals surface area contributed by atoms with E-state index in [9.17, 15) is 4.79 Å². The van der Waals surface area contributed by atoms with Crippen LogP contribution in [0.1, 0.15) is 0 Å². The van der Waals surface area contributed by atoms with Gasteiger partial charge in [0.15, 0.2) is 0 Å². The summed E-state index contributed by atoms with van der Waals surface area (Å²) in [6.07, 6.45) is 0. The monoisotopic (exact) mass is 347 g/mol. The summed E-state index contributed by atoms with van der Waals surface area (Å²) in [5.74, 6) is 0.632. The van der Waals surface area contributed by atoms with Crippen molar-refractivity contribution in [2.75, 3.05) is 30.8 Å². The highest BCUT2D eigenvalue weighted by molar-refractivity contribution is 5.84. The molecule has 0 aliphatic carbocycles. The minimum Gasteiger partial charge on any atom is -0.399 e. The van der Waals surface area contributed by atoms with Crippen molar-refractivity contribution in [3.05, 3.63) is 52.8 Å². The number of likely N-dealkylation sites (N-methyl/N-ethyl adjacent to an activating group) is 1. The molecule has 2 saturated heterocycles. The summed E-state index contributed by atoms with van der Waals surface area (Å²) in [7, 11) is 3.93. The summed E-state index contributed by atoms with van der Waals surface area (Å²) in [5, 5.41) is 0.661. The van der Waals surface area contributed by atoms with Crippen molar-refractivity contribution in [2.45, 2.75) is 12.1 Å². The summed E-state index contributed by atoms with van der Waals surface area (Å²) in [4.78, 5) is 22.5. The molecule has 0 spiro atoms. The fourth-order valence-corrected chi connectivity index (χ4v) is 4.14. The Hall–Kier alpha value is -2.86. The van der Waals surface area contributed by atoms with Crippen LogP contribution in [0.25, 0.3) is 22.3 Å². The van der Waals surface area contributed by atoms with E-state index < -0.39 is 0 Å². The van der Waals surface area contributed by atoms with Gasteiger partial charge in [0.1, 0.15) is 5.82 Å². The third-order valence-electron chi connectivity index (χ3n) is 5.81. The van der Waals surface area contributed by atoms with Gasteiger partial charge >= 0.3 is 0 Å². The zero-order chi connectivity index (χ0) is 18.0. The molecule has 0 amide bonds. The second-order valence-corrected chi connectivity index (χ2v) is 7.35. The lowest BCUT2D eigenvalue weighted by Gasteiger charge is -2.62. The van der Waals surface area contributed by atoms with E-state index in [1.165, 1.54) is 0 Å². The van der Waals surface area contributed by atoms with Gasteiger partial charge in [0.05, 0.1) is 16.9 Å². The number of nitrogen functional groups attached to an aromatic ring is 1. The molecule has 2 aliphatic heterocycles. The van der Waals surface area contributed by atoms with Crippen LogP contribution in [0.4, 0.5) is 11.4 Å². The Morgan fingerprint density at radius 1 is 1.08 bits per heavy atom. The molecule has 132 valence electrons. The molecule has 2 unspecified atom stereocenters. The van der Waals surface area contributed by atoms with Crippen molar-refractivity contribution >= 4 is 22.3 Å². The smallest absolute Gasteiger partial charge is 0.261 e. The van der Waals surface area contributed by atoms with Crippen LogP contribution in [-0.4, -0.2) is 46.7 Å². The van der Waals surface area contributed by atoms with Gasteiger partial charge in [0, 0.05) is 43.1 Å². The van der Waals surface area contributed by atoms with Gasteiger partial charge in [-0.2, -0.15) is 0 Å². The van der Waals surface area contributed by atoms with Crippen molar-refractivity contribution in [3.63, 3.8) is 0 Å². The van der Waals surface area contributed by atoms with Gasteiger partial charge in [-0.15, -0.1) is 0 Å². The van der Waals surface area contributed by atoms with Crippen molar-refractivity contribution in [3.8, 4) is 11.4 Å². The Morgan fingerprint density at radius 2 is 1.92 bits per heavy atom. The van der Waals surface area contributed by atoms with Crippen LogP contribution in [-0.2, 0) is 7.05 Å². The summed E-state index contributed by atoms with van der Waals surface area (Å²) in [5.41, 5.74) is 9.19. The first-order chi connectivity index (χ1) is 12.5. The Balaban J connectivity index is 1.59. The summed E-state index contributed by atoms with van der Waals surface area (Å²) < 4.78 is 1.61. The van der Waals surface area contributed by atoms with Crippen LogP contribution in [0.5, 0.6) is 0 Å². The second-order valence-electron chi connectivity index (χ2n) is 7.35. The first-order valence-electron chi connectivity index (χ1n) is 8.86. The number of piperazine rings is 1. The SMILES string of the molecule is CN1CC2C1CN2c1ccc2nc(-c3cccc(N)c3)n(C)c(=O)c2c1. The topological polar surface area (TPSA) is 67.4 Å². The van der Waals surface area contributed by atoms with Gasteiger partial charge in [0.25, 0.3) is 5.56 Å². The number of nitrogens with zero attached hydrogens (tertiary/aromatic N) is 4. The fraction of sp³-hybridized carbons (Fsp3) is 0.300. The third-order valence-corrected chi connectivity index (χ3v) is 5.81. The molecular formula is C20H21N5O. The number of benzene rings is 2. The van der Waals surface area contributed by atoms with Crippen LogP contribution in [0.2, 0.25) is 0 Å². The van der Waals surface area contributed by atoms with E-state index in [0.717, 1.165) is 29.9 Å². The lowest BCUT2D eigenvalue weighted by atomic mass is 9.85. The summed E-state index contributed by atoms with van der Waals surface area (Å²) in [6, 6.07) is 14.7. The fourth-order valence-electron chi connectivity index (χ4n) is 4.14. The highest BCUT2D eigenvalue weighted by Gasteiger charge is 2.49. The van der Waals surface area contributed by atoms with E-state index >= 15 is 0 Å². The third kappa shape index (κ3) is 2.08. The largest absolute Gasteiger partial charge is 0.399 e. The lowest BCUT2D eigenvalue weighted by molar-refractivity contribution is 0.0369. The van der Waals surface area contributed by atoms with Crippen molar-refractivity contribution < 1.29 is 0 Å². The van der Waals surface area contributed by atoms with E-state index in [4.69, 9.17) is 10.7 Å². The molecule has 5 rings (SSSR count). The van der Waals surface area contributed by atoms with E-state index in [1.54, 1.807) is 11.6 Å². The Morgan fingerprint density at radius 3 is 2.62 bits per heavy atom. The van der Waals surface area contributed by atoms with Gasteiger partial charge in [-0.25, -0.2) is 4.98 Å². The van der Waals surface area contributed by atoms with Crippen LogP contribution < -0.4 is 16.2 Å². The molecule has 2 atom stereocenters. The Labute approximate surface area is 151 Å². The number of hydrogen-bond acceptors (Lipinski definition) is 5. The Kier molecular flexibility index (Phi) is 3.15. The average molecular weight is 347 g/mol.